The van der Waals surface area contributed by atoms with Crippen molar-refractivity contribution in [1.29, 1.82) is 0 Å². The van der Waals surface area contributed by atoms with Crippen LogP contribution in [-0.4, -0.2) is 6.15 Å². The lowest BCUT2D eigenvalue weighted by molar-refractivity contribution is -0.692. The Kier molecular flexibility index (Phi) is 15.1. The molecule has 1 nitrogen and oxygen atoms in total. The van der Waals surface area contributed by atoms with Crippen molar-refractivity contribution in [3.63, 3.8) is 0 Å². The molecule has 7 aromatic rings. The van der Waals surface area contributed by atoms with Crippen LogP contribution in [-0.2, 0) is 56.0 Å². The number of rotatable bonds is 6. The Morgan fingerprint density at radius 3 is 0.840 bits per heavy atom. The highest BCUT2D eigenvalue weighted by atomic mass is 19.4. The second-order valence-corrected chi connectivity index (χ2v) is 16.8. The maximum absolute atomic E-state index is 14.2. The number of aromatic nitrogens is 1. The molecule has 6 aromatic carbocycles. The molecule has 0 bridgehead atoms. The molecule has 0 fully saturated rings. The first kappa shape index (κ1) is 57.4. The third-order valence-corrected chi connectivity index (χ3v) is 11.9. The first-order chi connectivity index (χ1) is 34.1. The molecule has 0 unspecified atom stereocenters. The monoisotopic (exact) mass is 1100 g/mol. The van der Waals surface area contributed by atoms with Gasteiger partial charge in [-0.15, -0.1) is 0 Å². The summed E-state index contributed by atoms with van der Waals surface area (Å²) in [5.41, 5.74) is -27.6. The highest BCUT2D eigenvalue weighted by Gasteiger charge is 2.47. The molecule has 7 rings (SSSR count). The van der Waals surface area contributed by atoms with Gasteiger partial charge in [-0.2, -0.15) is 132 Å². The fourth-order valence-electron chi connectivity index (χ4n) is 8.43. The Labute approximate surface area is 406 Å². The fourth-order valence-corrected chi connectivity index (χ4v) is 8.43. The lowest BCUT2D eigenvalue weighted by atomic mass is 9.12. The fraction of sp³-hybridized carbons (Fsp3) is 0.204. The molecular formula is C49H28BF24N. The van der Waals surface area contributed by atoms with Gasteiger partial charge in [0.1, 0.15) is 6.15 Å². The molecule has 0 spiro atoms. The summed E-state index contributed by atoms with van der Waals surface area (Å²) in [4.78, 5) is 0. The zero-order valence-corrected chi connectivity index (χ0v) is 37.1. The summed E-state index contributed by atoms with van der Waals surface area (Å²) in [5.74, 6) is 0. The lowest BCUT2D eigenvalue weighted by Gasteiger charge is -2.46. The molecule has 0 N–H and O–H groups in total. The first-order valence-electron chi connectivity index (χ1n) is 20.9. The number of pyridine rings is 1. The normalized spacial score (nSPS) is 13.5. The van der Waals surface area contributed by atoms with Crippen LogP contribution in [0.15, 0.2) is 140 Å². The molecule has 0 radical (unpaired) electrons. The van der Waals surface area contributed by atoms with E-state index in [4.69, 9.17) is 0 Å². The first-order valence-corrected chi connectivity index (χ1v) is 20.9. The van der Waals surface area contributed by atoms with E-state index in [9.17, 15) is 105 Å². The highest BCUT2D eigenvalue weighted by molar-refractivity contribution is 7.20. The number of aryl methyl sites for hydroxylation is 1. The standard InChI is InChI=1S/C32H12BF24.C17H16N/c34-25(35,36)13-1-14(26(37,38)39)6-21(5-13)33(22-7-15(27(40,41)42)2-16(8-22)28(43,44)45,23-9-17(29(46,47)48)3-18(10-23)30(49,50)51)24-11-19(31(52,53)54)4-20(12-24)32(55,56)57;1-14-17-10-6-5-9-16(17)11-12-18(14)13-15-7-3-2-4-8-15/h1-12H;2-12H,13H2,1H3/q-1;+1. The number of benzene rings is 6. The zero-order chi connectivity index (χ0) is 56.3. The minimum Gasteiger partial charge on any atom is -0.198 e. The third-order valence-electron chi connectivity index (χ3n) is 11.9. The Hall–Kier alpha value is -6.89. The molecule has 0 aliphatic rings. The van der Waals surface area contributed by atoms with Crippen LogP contribution in [0.25, 0.3) is 10.8 Å². The number of nitrogens with zero attached hydrogens (tertiary/aromatic N) is 1. The van der Waals surface area contributed by atoms with E-state index in [-0.39, 0.29) is 0 Å². The smallest absolute Gasteiger partial charge is 0.198 e. The largest absolute Gasteiger partial charge is 0.416 e. The van der Waals surface area contributed by atoms with Crippen molar-refractivity contribution in [1.82, 2.24) is 0 Å². The van der Waals surface area contributed by atoms with Crippen molar-refractivity contribution in [3.05, 3.63) is 195 Å². The van der Waals surface area contributed by atoms with Crippen molar-refractivity contribution in [3.8, 4) is 0 Å². The van der Waals surface area contributed by atoms with Crippen LogP contribution in [0.2, 0.25) is 0 Å². The van der Waals surface area contributed by atoms with Crippen LogP contribution in [0.1, 0.15) is 55.8 Å². The predicted molar refractivity (Wildman–Crippen MR) is 224 cm³/mol. The van der Waals surface area contributed by atoms with Gasteiger partial charge in [0.25, 0.3) is 0 Å². The van der Waals surface area contributed by atoms with Crippen molar-refractivity contribution in [2.45, 2.75) is 62.9 Å². The molecule has 0 aliphatic heterocycles. The molecule has 1 heterocycles. The molecule has 0 aliphatic carbocycles. The minimum atomic E-state index is -6.13. The molecule has 400 valence electrons. The van der Waals surface area contributed by atoms with Crippen molar-refractivity contribution < 1.29 is 110 Å². The molecule has 0 saturated heterocycles. The van der Waals surface area contributed by atoms with E-state index in [1.54, 1.807) is 0 Å². The summed E-state index contributed by atoms with van der Waals surface area (Å²) in [5, 5.41) is 2.63. The summed E-state index contributed by atoms with van der Waals surface area (Å²) < 4.78 is 343. The topological polar surface area (TPSA) is 3.88 Å². The van der Waals surface area contributed by atoms with Crippen LogP contribution < -0.4 is 26.4 Å². The van der Waals surface area contributed by atoms with E-state index >= 15 is 0 Å². The van der Waals surface area contributed by atoms with Gasteiger partial charge in [0.2, 0.25) is 0 Å². The van der Waals surface area contributed by atoms with E-state index in [1.807, 2.05) is 0 Å². The Balaban J connectivity index is 0.000000421. The van der Waals surface area contributed by atoms with E-state index < -0.39 is 195 Å². The predicted octanol–water partition coefficient (Wildman–Crippen LogP) is 14.7. The van der Waals surface area contributed by atoms with Gasteiger partial charge in [0.15, 0.2) is 18.4 Å². The number of fused-ring (bicyclic) bond motifs is 1. The van der Waals surface area contributed by atoms with Gasteiger partial charge < -0.3 is 0 Å². The van der Waals surface area contributed by atoms with Gasteiger partial charge in [-0.1, -0.05) is 97.1 Å². The Morgan fingerprint density at radius 1 is 0.320 bits per heavy atom. The number of alkyl halides is 24. The van der Waals surface area contributed by atoms with E-state index in [1.165, 1.54) is 22.0 Å². The average molecular weight is 1100 g/mol. The number of hydrogen-bond acceptors (Lipinski definition) is 0. The minimum absolute atomic E-state index is 0.691. The lowest BCUT2D eigenvalue weighted by Crippen LogP contribution is -2.75. The molecule has 0 amide bonds. The summed E-state index contributed by atoms with van der Waals surface area (Å²) in [6, 6.07) is 12.5. The van der Waals surface area contributed by atoms with Gasteiger partial charge in [-0.3, -0.25) is 0 Å². The highest BCUT2D eigenvalue weighted by Crippen LogP contribution is 2.41. The van der Waals surface area contributed by atoms with Crippen LogP contribution in [0.3, 0.4) is 0 Å². The van der Waals surface area contributed by atoms with Crippen molar-refractivity contribution >= 4 is 38.8 Å². The Bertz CT molecular complexity index is 2750. The second kappa shape index (κ2) is 19.7. The van der Waals surface area contributed by atoms with Gasteiger partial charge in [-0.25, -0.2) is 0 Å². The van der Waals surface area contributed by atoms with Crippen LogP contribution in [0.5, 0.6) is 0 Å². The Morgan fingerprint density at radius 2 is 0.573 bits per heavy atom. The average Bonchev–Trinajstić information content (AvgIpc) is 3.28. The number of hydrogen-bond donors (Lipinski definition) is 0. The second-order valence-electron chi connectivity index (χ2n) is 16.8. The van der Waals surface area contributed by atoms with Gasteiger partial charge in [-0.05, 0) is 35.7 Å². The van der Waals surface area contributed by atoms with Gasteiger partial charge in [0, 0.05) is 23.9 Å². The number of halogens is 24. The molecule has 0 saturated carbocycles. The summed E-state index contributed by atoms with van der Waals surface area (Å²) in [6.45, 7) is 3.11. The van der Waals surface area contributed by atoms with Crippen LogP contribution in [0, 0.1) is 6.92 Å². The van der Waals surface area contributed by atoms with E-state index in [2.05, 4.69) is 78.4 Å². The van der Waals surface area contributed by atoms with Crippen LogP contribution in [0.4, 0.5) is 105 Å². The van der Waals surface area contributed by atoms with Gasteiger partial charge >= 0.3 is 49.4 Å². The molecule has 0 atom stereocenters. The SMILES string of the molecule is Cc1c2ccccc2cc[n+]1Cc1ccccc1.FC(F)(F)c1cc([B-](c2cc(C(F)(F)F)cc(C(F)(F)F)c2)(c2cc(C(F)(F)F)cc(C(F)(F)F)c2)c2cc(C(F)(F)F)cc(C(F)(F)F)c2)cc(C(F)(F)F)c1. The van der Waals surface area contributed by atoms with Gasteiger partial charge in [0.05, 0.1) is 44.5 Å². The maximum atomic E-state index is 14.2. The molecule has 26 heteroatoms. The summed E-state index contributed by atoms with van der Waals surface area (Å²) in [7, 11) is 0. The van der Waals surface area contributed by atoms with E-state index in [0.717, 1.165) is 6.54 Å². The molecule has 75 heavy (non-hydrogen) atoms. The summed E-state index contributed by atoms with van der Waals surface area (Å²) >= 11 is 0. The maximum Gasteiger partial charge on any atom is 0.416 e. The molecule has 1 aromatic heterocycles. The van der Waals surface area contributed by atoms with Crippen molar-refractivity contribution in [2.24, 2.45) is 0 Å². The van der Waals surface area contributed by atoms with Crippen molar-refractivity contribution in [2.75, 3.05) is 0 Å². The van der Waals surface area contributed by atoms with E-state index in [0.29, 0.717) is 0 Å². The molecular weight excluding hydrogens is 1070 g/mol. The summed E-state index contributed by atoms with van der Waals surface area (Å²) in [6.07, 6.45) is -52.6. The quantitative estimate of drug-likeness (QED) is 0.0888. The van der Waals surface area contributed by atoms with Crippen LogP contribution >= 0.6 is 0 Å². The third kappa shape index (κ3) is 12.8. The zero-order valence-electron chi connectivity index (χ0n) is 37.1.